The second kappa shape index (κ2) is 9.51. The summed E-state index contributed by atoms with van der Waals surface area (Å²) in [6, 6.07) is 0. The van der Waals surface area contributed by atoms with Crippen molar-refractivity contribution in [1.82, 2.24) is 4.90 Å². The summed E-state index contributed by atoms with van der Waals surface area (Å²) >= 11 is 0. The molecule has 0 heterocycles. The maximum absolute atomic E-state index is 2.31. The van der Waals surface area contributed by atoms with E-state index >= 15 is 0 Å². The molecule has 0 saturated carbocycles. The van der Waals surface area contributed by atoms with Gasteiger partial charge in [0.25, 0.3) is 0 Å². The number of nitrogens with zero attached hydrogens (tertiary/aromatic N) is 1. The molecule has 0 atom stereocenters. The average Bonchev–Trinajstić information content (AvgIpc) is 2.12. The highest BCUT2D eigenvalue weighted by molar-refractivity contribution is 4.59. The topological polar surface area (TPSA) is 3.24 Å². The fourth-order valence-electron chi connectivity index (χ4n) is 2.11. The lowest BCUT2D eigenvalue weighted by atomic mass is 9.93. The van der Waals surface area contributed by atoms with E-state index in [-0.39, 0.29) is 0 Å². The van der Waals surface area contributed by atoms with Gasteiger partial charge in [-0.15, -0.1) is 0 Å². The Morgan fingerprint density at radius 1 is 0.857 bits per heavy atom. The minimum absolute atomic E-state index is 1.01. The van der Waals surface area contributed by atoms with Crippen LogP contribution in [0.15, 0.2) is 0 Å². The first-order valence-electron chi connectivity index (χ1n) is 6.35. The summed E-state index contributed by atoms with van der Waals surface area (Å²) in [5.41, 5.74) is 0. The van der Waals surface area contributed by atoms with Crippen molar-refractivity contribution < 1.29 is 0 Å². The lowest BCUT2D eigenvalue weighted by Gasteiger charge is -2.15. The lowest BCUT2D eigenvalue weighted by Crippen LogP contribution is -2.13. The molecule has 14 heavy (non-hydrogen) atoms. The third kappa shape index (κ3) is 8.55. The zero-order valence-corrected chi connectivity index (χ0v) is 10.7. The molecule has 0 unspecified atom stereocenters. The Bertz CT molecular complexity index is 104. The van der Waals surface area contributed by atoms with Crippen molar-refractivity contribution in [1.29, 1.82) is 0 Å². The summed E-state index contributed by atoms with van der Waals surface area (Å²) in [5, 5.41) is 0. The Kier molecular flexibility index (Phi) is 9.49. The van der Waals surface area contributed by atoms with Gasteiger partial charge in [0, 0.05) is 0 Å². The van der Waals surface area contributed by atoms with E-state index in [1.165, 1.54) is 51.5 Å². The molecule has 0 aliphatic rings. The first-order chi connectivity index (χ1) is 6.70. The van der Waals surface area contributed by atoms with Gasteiger partial charge in [0.05, 0.1) is 0 Å². The SMILES string of the molecule is CCCC(CCC)CCCCN(C)C. The maximum Gasteiger partial charge on any atom is -0.00248 e. The van der Waals surface area contributed by atoms with Crippen LogP contribution in [0, 0.1) is 5.92 Å². The predicted molar refractivity (Wildman–Crippen MR) is 65.7 cm³/mol. The minimum atomic E-state index is 1.01. The number of hydrogen-bond acceptors (Lipinski definition) is 1. The van der Waals surface area contributed by atoms with Gasteiger partial charge in [-0.05, 0) is 33.0 Å². The van der Waals surface area contributed by atoms with E-state index in [1.807, 2.05) is 0 Å². The highest BCUT2D eigenvalue weighted by atomic mass is 15.0. The smallest absolute Gasteiger partial charge is 0.00248 e. The molecule has 0 fully saturated rings. The molecule has 0 aromatic heterocycles. The minimum Gasteiger partial charge on any atom is -0.309 e. The van der Waals surface area contributed by atoms with E-state index in [0.717, 1.165) is 5.92 Å². The molecule has 86 valence electrons. The first-order valence-corrected chi connectivity index (χ1v) is 6.35. The second-order valence-corrected chi connectivity index (χ2v) is 4.74. The van der Waals surface area contributed by atoms with Crippen molar-refractivity contribution in [2.45, 2.75) is 58.8 Å². The molecule has 0 aliphatic carbocycles. The molecular formula is C13H29N. The fourth-order valence-corrected chi connectivity index (χ4v) is 2.11. The van der Waals surface area contributed by atoms with Crippen molar-refractivity contribution in [3.63, 3.8) is 0 Å². The van der Waals surface area contributed by atoms with Crippen molar-refractivity contribution in [3.05, 3.63) is 0 Å². The van der Waals surface area contributed by atoms with E-state index in [0.29, 0.717) is 0 Å². The van der Waals surface area contributed by atoms with Gasteiger partial charge in [-0.3, -0.25) is 0 Å². The average molecular weight is 199 g/mol. The van der Waals surface area contributed by atoms with Crippen LogP contribution in [-0.4, -0.2) is 25.5 Å². The van der Waals surface area contributed by atoms with Crippen LogP contribution in [0.5, 0.6) is 0 Å². The van der Waals surface area contributed by atoms with Crippen molar-refractivity contribution >= 4 is 0 Å². The lowest BCUT2D eigenvalue weighted by molar-refractivity contribution is 0.356. The molecule has 0 rings (SSSR count). The third-order valence-electron chi connectivity index (χ3n) is 2.86. The molecular weight excluding hydrogens is 170 g/mol. The molecule has 1 nitrogen and oxygen atoms in total. The van der Waals surface area contributed by atoms with Gasteiger partial charge < -0.3 is 4.90 Å². The van der Waals surface area contributed by atoms with Crippen LogP contribution in [0.2, 0.25) is 0 Å². The molecule has 0 N–H and O–H groups in total. The quantitative estimate of drug-likeness (QED) is 0.508. The van der Waals surface area contributed by atoms with Gasteiger partial charge in [-0.25, -0.2) is 0 Å². The van der Waals surface area contributed by atoms with Gasteiger partial charge in [-0.1, -0.05) is 52.4 Å². The van der Waals surface area contributed by atoms with Crippen LogP contribution in [-0.2, 0) is 0 Å². The molecule has 0 aliphatic heterocycles. The maximum atomic E-state index is 2.31. The summed E-state index contributed by atoms with van der Waals surface area (Å²) in [4.78, 5) is 2.29. The molecule has 0 aromatic carbocycles. The van der Waals surface area contributed by atoms with Gasteiger partial charge in [0.2, 0.25) is 0 Å². The van der Waals surface area contributed by atoms with Crippen LogP contribution in [0.3, 0.4) is 0 Å². The Hall–Kier alpha value is -0.0400. The van der Waals surface area contributed by atoms with E-state index in [2.05, 4.69) is 32.8 Å². The van der Waals surface area contributed by atoms with Crippen LogP contribution in [0.25, 0.3) is 0 Å². The molecule has 1 heteroatoms. The first kappa shape index (κ1) is 14.0. The Balaban J connectivity index is 3.40. The summed E-state index contributed by atoms with van der Waals surface area (Å²) < 4.78 is 0. The van der Waals surface area contributed by atoms with E-state index < -0.39 is 0 Å². The molecule has 0 saturated heterocycles. The summed E-state index contributed by atoms with van der Waals surface area (Å²) in [6.45, 7) is 5.87. The molecule has 0 radical (unpaired) electrons. The van der Waals surface area contributed by atoms with Gasteiger partial charge in [-0.2, -0.15) is 0 Å². The van der Waals surface area contributed by atoms with E-state index in [9.17, 15) is 0 Å². The van der Waals surface area contributed by atoms with Crippen LogP contribution in [0.1, 0.15) is 58.8 Å². The van der Waals surface area contributed by atoms with Gasteiger partial charge in [0.1, 0.15) is 0 Å². The Morgan fingerprint density at radius 2 is 1.43 bits per heavy atom. The van der Waals surface area contributed by atoms with E-state index in [4.69, 9.17) is 0 Å². The summed E-state index contributed by atoms with van der Waals surface area (Å²) in [6.07, 6.45) is 9.84. The highest BCUT2D eigenvalue weighted by Crippen LogP contribution is 2.19. The second-order valence-electron chi connectivity index (χ2n) is 4.74. The van der Waals surface area contributed by atoms with Crippen molar-refractivity contribution in [2.75, 3.05) is 20.6 Å². The molecule has 0 aromatic rings. The summed E-state index contributed by atoms with van der Waals surface area (Å²) in [7, 11) is 4.32. The summed E-state index contributed by atoms with van der Waals surface area (Å²) in [5.74, 6) is 1.01. The van der Waals surface area contributed by atoms with Crippen molar-refractivity contribution in [3.8, 4) is 0 Å². The largest absolute Gasteiger partial charge is 0.309 e. The number of unbranched alkanes of at least 4 members (excludes halogenated alkanes) is 1. The number of hydrogen-bond donors (Lipinski definition) is 0. The fraction of sp³-hybridized carbons (Fsp3) is 1.00. The highest BCUT2D eigenvalue weighted by Gasteiger charge is 2.05. The molecule has 0 amide bonds. The monoisotopic (exact) mass is 199 g/mol. The molecule has 0 bridgehead atoms. The third-order valence-corrected chi connectivity index (χ3v) is 2.86. The Labute approximate surface area is 90.9 Å². The van der Waals surface area contributed by atoms with Crippen molar-refractivity contribution in [2.24, 2.45) is 5.92 Å². The molecule has 0 spiro atoms. The van der Waals surface area contributed by atoms with Crippen LogP contribution in [0.4, 0.5) is 0 Å². The zero-order valence-electron chi connectivity index (χ0n) is 10.7. The van der Waals surface area contributed by atoms with Gasteiger partial charge in [0.15, 0.2) is 0 Å². The van der Waals surface area contributed by atoms with Crippen LogP contribution >= 0.6 is 0 Å². The van der Waals surface area contributed by atoms with E-state index in [1.54, 1.807) is 0 Å². The van der Waals surface area contributed by atoms with Crippen LogP contribution < -0.4 is 0 Å². The number of rotatable bonds is 9. The normalized spacial score (nSPS) is 11.6. The Morgan fingerprint density at radius 3 is 1.86 bits per heavy atom. The van der Waals surface area contributed by atoms with Gasteiger partial charge >= 0.3 is 0 Å². The standard InChI is InChI=1S/C13H29N/c1-5-9-13(10-6-2)11-7-8-12-14(3)4/h13H,5-12H2,1-4H3. The predicted octanol–water partition coefficient (Wildman–Crippen LogP) is 3.93. The zero-order chi connectivity index (χ0) is 10.8.